The number of esters is 1. The zero-order valence-electron chi connectivity index (χ0n) is 19.2. The number of carbonyl (C=O) groups is 1. The first-order valence-corrected chi connectivity index (χ1v) is 12.8. The van der Waals surface area contributed by atoms with Crippen LogP contribution in [-0.2, 0) is 15.3 Å². The van der Waals surface area contributed by atoms with Crippen LogP contribution < -0.4 is 5.32 Å². The maximum atomic E-state index is 13.0. The second-order valence-corrected chi connectivity index (χ2v) is 10.5. The van der Waals surface area contributed by atoms with Crippen molar-refractivity contribution in [3.05, 3.63) is 51.3 Å². The molecule has 1 aromatic carbocycles. The third-order valence-corrected chi connectivity index (χ3v) is 8.09. The maximum Gasteiger partial charge on any atom is 0.311 e. The van der Waals surface area contributed by atoms with Crippen molar-refractivity contribution in [2.24, 2.45) is 5.92 Å². The molecular weight excluding hydrogens is 542 g/mol. The molecule has 0 saturated heterocycles. The van der Waals surface area contributed by atoms with E-state index in [1.165, 1.54) is 30.5 Å². The zero-order chi connectivity index (χ0) is 25.2. The van der Waals surface area contributed by atoms with Crippen molar-refractivity contribution in [3.63, 3.8) is 0 Å². The van der Waals surface area contributed by atoms with E-state index in [1.54, 1.807) is 12.3 Å². The number of hydrogen-bond acceptors (Lipinski definition) is 8. The highest BCUT2D eigenvalue weighted by molar-refractivity contribution is 9.10. The van der Waals surface area contributed by atoms with Crippen LogP contribution in [0.25, 0.3) is 10.4 Å². The van der Waals surface area contributed by atoms with Gasteiger partial charge in [0, 0.05) is 35.0 Å². The van der Waals surface area contributed by atoms with Gasteiger partial charge in [-0.2, -0.15) is 0 Å². The number of aryl methyl sites for hydroxylation is 1. The molecule has 1 aliphatic rings. The van der Waals surface area contributed by atoms with E-state index in [1.807, 2.05) is 13.0 Å². The summed E-state index contributed by atoms with van der Waals surface area (Å²) in [5.41, 5.74) is 1.86. The number of nitrogens with one attached hydrogen (secondary N) is 1. The molecule has 35 heavy (non-hydrogen) atoms. The highest BCUT2D eigenvalue weighted by Crippen LogP contribution is 2.40. The molecule has 1 unspecified atom stereocenters. The Balaban J connectivity index is 1.56. The predicted molar refractivity (Wildman–Crippen MR) is 132 cm³/mol. The number of halogens is 3. The Bertz CT molecular complexity index is 1220. The van der Waals surface area contributed by atoms with E-state index in [0.29, 0.717) is 5.69 Å². The lowest BCUT2D eigenvalue weighted by Gasteiger charge is -2.26. The SMILES string of the molecule is Cc1cc(Nc2nccc(C(F)F)n2)cc(-c2cnc(C(C)(O)OC(=O)C3CCCCC3)s2)c1Br. The monoisotopic (exact) mass is 566 g/mol. The summed E-state index contributed by atoms with van der Waals surface area (Å²) in [5.74, 6) is -2.39. The fraction of sp³-hybridized carbons (Fsp3) is 0.417. The minimum atomic E-state index is -2.70. The molecule has 1 fully saturated rings. The topological polar surface area (TPSA) is 97.2 Å². The summed E-state index contributed by atoms with van der Waals surface area (Å²) in [4.78, 5) is 25.5. The first-order chi connectivity index (χ1) is 16.6. The average molecular weight is 567 g/mol. The number of alkyl halides is 2. The minimum Gasteiger partial charge on any atom is -0.426 e. The summed E-state index contributed by atoms with van der Waals surface area (Å²) in [6.45, 7) is 3.31. The molecule has 0 amide bonds. The Hall–Kier alpha value is -2.50. The summed E-state index contributed by atoms with van der Waals surface area (Å²) in [6.07, 6.45) is 4.80. The fourth-order valence-corrected chi connectivity index (χ4v) is 5.47. The number of thiazole rings is 1. The Morgan fingerprint density at radius 2 is 2.03 bits per heavy atom. The van der Waals surface area contributed by atoms with Gasteiger partial charge in [-0.3, -0.25) is 4.79 Å². The first kappa shape index (κ1) is 25.6. The quantitative estimate of drug-likeness (QED) is 0.244. The second kappa shape index (κ2) is 10.6. The van der Waals surface area contributed by atoms with Gasteiger partial charge in [-0.15, -0.1) is 11.3 Å². The number of nitrogens with zero attached hydrogens (tertiary/aromatic N) is 3. The van der Waals surface area contributed by atoms with Crippen LogP contribution in [0.15, 0.2) is 35.1 Å². The number of aliphatic hydroxyl groups is 1. The summed E-state index contributed by atoms with van der Waals surface area (Å²) in [6, 6.07) is 4.80. The summed E-state index contributed by atoms with van der Waals surface area (Å²) < 4.78 is 32.2. The van der Waals surface area contributed by atoms with Gasteiger partial charge in [-0.1, -0.05) is 19.3 Å². The normalized spacial score (nSPS) is 16.2. The van der Waals surface area contributed by atoms with E-state index in [0.717, 1.165) is 52.6 Å². The number of anilines is 2. The van der Waals surface area contributed by atoms with Gasteiger partial charge in [0.2, 0.25) is 5.95 Å². The number of aromatic nitrogens is 3. The van der Waals surface area contributed by atoms with Crippen molar-refractivity contribution in [3.8, 4) is 10.4 Å². The lowest BCUT2D eigenvalue weighted by molar-refractivity contribution is -0.212. The number of benzene rings is 1. The summed E-state index contributed by atoms with van der Waals surface area (Å²) in [7, 11) is 0. The van der Waals surface area contributed by atoms with Crippen molar-refractivity contribution in [2.75, 3.05) is 5.32 Å². The predicted octanol–water partition coefficient (Wildman–Crippen LogP) is 6.64. The van der Waals surface area contributed by atoms with Crippen LogP contribution in [0.2, 0.25) is 0 Å². The molecule has 7 nitrogen and oxygen atoms in total. The smallest absolute Gasteiger partial charge is 0.311 e. The van der Waals surface area contributed by atoms with Gasteiger partial charge >= 0.3 is 5.97 Å². The lowest BCUT2D eigenvalue weighted by atomic mass is 9.89. The van der Waals surface area contributed by atoms with E-state index in [-0.39, 0.29) is 22.6 Å². The van der Waals surface area contributed by atoms with Crippen LogP contribution in [0.1, 0.15) is 61.7 Å². The summed E-state index contributed by atoms with van der Waals surface area (Å²) >= 11 is 4.79. The van der Waals surface area contributed by atoms with Gasteiger partial charge in [0.25, 0.3) is 12.2 Å². The molecule has 3 aromatic rings. The Kier molecular flexibility index (Phi) is 7.77. The first-order valence-electron chi connectivity index (χ1n) is 11.2. The van der Waals surface area contributed by atoms with Crippen LogP contribution in [0.5, 0.6) is 0 Å². The van der Waals surface area contributed by atoms with E-state index < -0.39 is 18.2 Å². The van der Waals surface area contributed by atoms with Crippen molar-refractivity contribution >= 4 is 44.9 Å². The third-order valence-electron chi connectivity index (χ3n) is 5.82. The van der Waals surface area contributed by atoms with Gasteiger partial charge in [0.05, 0.1) is 10.8 Å². The largest absolute Gasteiger partial charge is 0.426 e. The molecule has 2 aromatic heterocycles. The van der Waals surface area contributed by atoms with Crippen LogP contribution in [0, 0.1) is 12.8 Å². The van der Waals surface area contributed by atoms with Crippen LogP contribution in [-0.4, -0.2) is 26.0 Å². The van der Waals surface area contributed by atoms with E-state index in [4.69, 9.17) is 4.74 Å². The molecule has 1 aliphatic carbocycles. The highest BCUT2D eigenvalue weighted by atomic mass is 79.9. The van der Waals surface area contributed by atoms with Crippen LogP contribution in [0.3, 0.4) is 0 Å². The number of carbonyl (C=O) groups excluding carboxylic acids is 1. The summed E-state index contributed by atoms with van der Waals surface area (Å²) in [5, 5.41) is 14.1. The van der Waals surface area contributed by atoms with Crippen LogP contribution in [0.4, 0.5) is 20.4 Å². The zero-order valence-corrected chi connectivity index (χ0v) is 21.6. The Labute approximate surface area is 214 Å². The molecule has 1 atom stereocenters. The third kappa shape index (κ3) is 6.02. The molecule has 0 spiro atoms. The van der Waals surface area contributed by atoms with E-state index in [9.17, 15) is 18.7 Å². The maximum absolute atomic E-state index is 13.0. The van der Waals surface area contributed by atoms with Crippen LogP contribution >= 0.6 is 27.3 Å². The standard InChI is InChI=1S/C24H25BrF2N4O3S/c1-13-10-15(30-23-28-9-8-17(31-23)20(26)27)11-16(19(13)25)18-12-29-22(35-18)24(2,33)34-21(32)14-6-4-3-5-7-14/h8-12,14,20,33H,3-7H2,1-2H3,(H,28,30,31). The van der Waals surface area contributed by atoms with Crippen molar-refractivity contribution in [1.82, 2.24) is 15.0 Å². The fourth-order valence-electron chi connectivity index (χ4n) is 3.98. The van der Waals surface area contributed by atoms with Gasteiger partial charge in [-0.05, 0) is 59.5 Å². The average Bonchev–Trinajstić information content (AvgIpc) is 3.33. The molecule has 4 rings (SSSR count). The Morgan fingerprint density at radius 3 is 2.74 bits per heavy atom. The molecular formula is C24H25BrF2N4O3S. The number of ether oxygens (including phenoxy) is 1. The number of hydrogen-bond donors (Lipinski definition) is 2. The van der Waals surface area contributed by atoms with Gasteiger partial charge < -0.3 is 15.2 Å². The Morgan fingerprint density at radius 1 is 1.29 bits per heavy atom. The van der Waals surface area contributed by atoms with Crippen molar-refractivity contribution in [1.29, 1.82) is 0 Å². The van der Waals surface area contributed by atoms with Crippen molar-refractivity contribution in [2.45, 2.75) is 58.2 Å². The molecule has 0 bridgehead atoms. The molecule has 11 heteroatoms. The molecule has 2 heterocycles. The van der Waals surface area contributed by atoms with Crippen molar-refractivity contribution < 1.29 is 23.4 Å². The van der Waals surface area contributed by atoms with Gasteiger partial charge in [0.15, 0.2) is 5.01 Å². The minimum absolute atomic E-state index is 0.0537. The molecule has 1 saturated carbocycles. The lowest BCUT2D eigenvalue weighted by Crippen LogP contribution is -2.32. The molecule has 2 N–H and O–H groups in total. The molecule has 186 valence electrons. The second-order valence-electron chi connectivity index (χ2n) is 8.65. The van der Waals surface area contributed by atoms with E-state index in [2.05, 4.69) is 36.2 Å². The van der Waals surface area contributed by atoms with Gasteiger partial charge in [0.1, 0.15) is 5.69 Å². The molecule has 0 aliphatic heterocycles. The van der Waals surface area contributed by atoms with E-state index >= 15 is 0 Å². The molecule has 0 radical (unpaired) electrons. The number of rotatable bonds is 7. The van der Waals surface area contributed by atoms with Gasteiger partial charge in [-0.25, -0.2) is 23.7 Å². The highest BCUT2D eigenvalue weighted by Gasteiger charge is 2.35.